The molecule has 232 valence electrons. The molecule has 7 nitrogen and oxygen atoms in total. The van der Waals surface area contributed by atoms with Gasteiger partial charge >= 0.3 is 0 Å². The summed E-state index contributed by atoms with van der Waals surface area (Å²) in [5.74, 6) is -2.18. The van der Waals surface area contributed by atoms with E-state index >= 15 is 4.39 Å². The van der Waals surface area contributed by atoms with E-state index in [0.717, 1.165) is 22.8 Å². The molecule has 2 amide bonds. The van der Waals surface area contributed by atoms with Gasteiger partial charge in [-0.2, -0.15) is 0 Å². The number of halogens is 2. The quantitative estimate of drug-likeness (QED) is 0.318. The van der Waals surface area contributed by atoms with Gasteiger partial charge in [-0.15, -0.1) is 0 Å². The Bertz CT molecular complexity index is 1530. The number of methoxy groups -OCH3 is 2. The van der Waals surface area contributed by atoms with Crippen LogP contribution in [0.3, 0.4) is 0 Å². The van der Waals surface area contributed by atoms with Gasteiger partial charge in [-0.3, -0.25) is 14.4 Å². The molecule has 5 rings (SSSR count). The summed E-state index contributed by atoms with van der Waals surface area (Å²) in [6.45, 7) is 3.84. The summed E-state index contributed by atoms with van der Waals surface area (Å²) in [5.41, 5.74) is 2.87. The molecule has 3 aromatic rings. The van der Waals surface area contributed by atoms with Crippen LogP contribution in [0, 0.1) is 23.5 Å². The van der Waals surface area contributed by atoms with Crippen LogP contribution in [0.5, 0.6) is 11.5 Å². The molecule has 1 heterocycles. The number of aryl methyl sites for hydroxylation is 1. The second kappa shape index (κ2) is 13.2. The molecule has 0 saturated carbocycles. The average Bonchev–Trinajstić information content (AvgIpc) is 3.44. The second-order valence-corrected chi connectivity index (χ2v) is 12.0. The number of carbonyl (C=O) groups excluding carboxylic acids is 3. The summed E-state index contributed by atoms with van der Waals surface area (Å²) < 4.78 is 40.2. The van der Waals surface area contributed by atoms with Crippen molar-refractivity contribution < 1.29 is 32.6 Å². The van der Waals surface area contributed by atoms with Crippen molar-refractivity contribution in [3.63, 3.8) is 0 Å². The van der Waals surface area contributed by atoms with E-state index in [4.69, 9.17) is 9.47 Å². The lowest BCUT2D eigenvalue weighted by molar-refractivity contribution is -0.157. The third-order valence-corrected chi connectivity index (χ3v) is 8.65. The predicted molar refractivity (Wildman–Crippen MR) is 161 cm³/mol. The standard InChI is InChI=1S/C35H38F2N2O5/c1-20(2)15-28-34(41)38-32(24-17-22-7-5-6-8-23(22)18-24)35(42)39(28)33(26-12-11-25(36)19-27(26)37)29(40)13-9-21-10-14-30(43-3)31(16-21)44-4/h5-8,10-12,14,16,19-20,24,28,32-33H,9,13,15,17-18H2,1-4H3,(H,38,41)/t28-,32-,33+/m1/s1. The highest BCUT2D eigenvalue weighted by molar-refractivity contribution is 6.00. The monoisotopic (exact) mass is 604 g/mol. The lowest BCUT2D eigenvalue weighted by Gasteiger charge is -2.45. The largest absolute Gasteiger partial charge is 0.493 e. The minimum Gasteiger partial charge on any atom is -0.493 e. The Balaban J connectivity index is 1.52. The van der Waals surface area contributed by atoms with Crippen molar-refractivity contribution in [2.45, 2.75) is 64.1 Å². The van der Waals surface area contributed by atoms with Crippen molar-refractivity contribution in [2.24, 2.45) is 11.8 Å². The first-order valence-corrected chi connectivity index (χ1v) is 15.0. The zero-order valence-electron chi connectivity index (χ0n) is 25.4. The maximum absolute atomic E-state index is 15.5. The number of Topliss-reactive ketones (excluding diaryl/α,β-unsaturated/α-hetero) is 1. The molecule has 1 fully saturated rings. The second-order valence-electron chi connectivity index (χ2n) is 12.0. The molecule has 2 aliphatic rings. The van der Waals surface area contributed by atoms with Gasteiger partial charge in [0, 0.05) is 18.1 Å². The normalized spacial score (nSPS) is 19.1. The highest BCUT2D eigenvalue weighted by Crippen LogP contribution is 2.37. The molecule has 44 heavy (non-hydrogen) atoms. The summed E-state index contributed by atoms with van der Waals surface area (Å²) >= 11 is 0. The number of ether oxygens (including phenoxy) is 2. The molecular weight excluding hydrogens is 566 g/mol. The number of rotatable bonds is 11. The fourth-order valence-corrected chi connectivity index (χ4v) is 6.52. The van der Waals surface area contributed by atoms with Crippen molar-refractivity contribution in [3.05, 3.63) is 94.6 Å². The molecule has 0 unspecified atom stereocenters. The van der Waals surface area contributed by atoms with Crippen LogP contribution >= 0.6 is 0 Å². The van der Waals surface area contributed by atoms with Crippen LogP contribution < -0.4 is 14.8 Å². The molecule has 0 aromatic heterocycles. The summed E-state index contributed by atoms with van der Waals surface area (Å²) in [5, 5.41) is 2.96. The van der Waals surface area contributed by atoms with Gasteiger partial charge < -0.3 is 19.7 Å². The zero-order valence-corrected chi connectivity index (χ0v) is 25.4. The van der Waals surface area contributed by atoms with Crippen LogP contribution in [0.2, 0.25) is 0 Å². The maximum atomic E-state index is 15.5. The van der Waals surface area contributed by atoms with Gasteiger partial charge in [-0.05, 0) is 72.4 Å². The lowest BCUT2D eigenvalue weighted by Crippen LogP contribution is -2.66. The van der Waals surface area contributed by atoms with Gasteiger partial charge in [0.1, 0.15) is 29.8 Å². The zero-order chi connectivity index (χ0) is 31.5. The SMILES string of the molecule is COc1ccc(CCC(=O)[C@H](c2ccc(F)cc2F)N2C(=O)[C@@H](C3Cc4ccccc4C3)NC(=O)[C@H]2CC(C)C)cc1OC. The number of hydrogen-bond acceptors (Lipinski definition) is 5. The minimum absolute atomic E-state index is 0.00563. The number of fused-ring (bicyclic) bond motifs is 1. The number of benzene rings is 3. The summed E-state index contributed by atoms with van der Waals surface area (Å²) in [7, 11) is 3.04. The van der Waals surface area contributed by atoms with E-state index in [0.29, 0.717) is 30.4 Å². The molecule has 3 atom stereocenters. The Labute approximate surface area is 256 Å². The van der Waals surface area contributed by atoms with Crippen LogP contribution in [-0.4, -0.2) is 48.8 Å². The maximum Gasteiger partial charge on any atom is 0.247 e. The molecule has 1 aliphatic heterocycles. The number of hydrogen-bond donors (Lipinski definition) is 1. The number of carbonyl (C=O) groups is 3. The topological polar surface area (TPSA) is 84.9 Å². The van der Waals surface area contributed by atoms with Crippen LogP contribution in [0.25, 0.3) is 0 Å². The molecule has 1 saturated heterocycles. The molecule has 3 aromatic carbocycles. The first kappa shape index (κ1) is 31.2. The van der Waals surface area contributed by atoms with Crippen LogP contribution in [-0.2, 0) is 33.6 Å². The number of nitrogens with zero attached hydrogens (tertiary/aromatic N) is 1. The summed E-state index contributed by atoms with van der Waals surface area (Å²) in [6, 6.07) is 12.9. The van der Waals surface area contributed by atoms with Gasteiger partial charge in [0.05, 0.1) is 14.2 Å². The van der Waals surface area contributed by atoms with Crippen molar-refractivity contribution in [1.82, 2.24) is 10.2 Å². The average molecular weight is 605 g/mol. The molecule has 0 spiro atoms. The number of piperazine rings is 1. The Morgan fingerprint density at radius 1 is 0.955 bits per heavy atom. The minimum atomic E-state index is -1.41. The molecule has 9 heteroatoms. The Morgan fingerprint density at radius 3 is 2.25 bits per heavy atom. The van der Waals surface area contributed by atoms with Crippen molar-refractivity contribution in [3.8, 4) is 11.5 Å². The van der Waals surface area contributed by atoms with Crippen molar-refractivity contribution in [1.29, 1.82) is 0 Å². The molecule has 1 aliphatic carbocycles. The highest BCUT2D eigenvalue weighted by Gasteiger charge is 2.49. The fourth-order valence-electron chi connectivity index (χ4n) is 6.52. The fraction of sp³-hybridized carbons (Fsp3) is 0.400. The van der Waals surface area contributed by atoms with E-state index in [1.165, 1.54) is 25.2 Å². The number of amides is 2. The van der Waals surface area contributed by atoms with E-state index < -0.39 is 41.5 Å². The van der Waals surface area contributed by atoms with E-state index in [1.807, 2.05) is 38.1 Å². The summed E-state index contributed by atoms with van der Waals surface area (Å²) in [6.07, 6.45) is 1.67. The van der Waals surface area contributed by atoms with E-state index in [9.17, 15) is 18.8 Å². The van der Waals surface area contributed by atoms with Gasteiger partial charge in [0.15, 0.2) is 17.3 Å². The number of ketones is 1. The van der Waals surface area contributed by atoms with E-state index in [2.05, 4.69) is 5.32 Å². The van der Waals surface area contributed by atoms with E-state index in [-0.39, 0.29) is 42.6 Å². The molecular formula is C35H38F2N2O5. The van der Waals surface area contributed by atoms with Crippen molar-refractivity contribution in [2.75, 3.05) is 14.2 Å². The predicted octanol–water partition coefficient (Wildman–Crippen LogP) is 5.38. The summed E-state index contributed by atoms with van der Waals surface area (Å²) in [4.78, 5) is 43.7. The number of nitrogens with one attached hydrogen (secondary N) is 1. The van der Waals surface area contributed by atoms with Crippen LogP contribution in [0.1, 0.15) is 55.0 Å². The van der Waals surface area contributed by atoms with Crippen LogP contribution in [0.4, 0.5) is 8.78 Å². The molecule has 1 N–H and O–H groups in total. The lowest BCUT2D eigenvalue weighted by atomic mass is 9.86. The van der Waals surface area contributed by atoms with Gasteiger partial charge in [-0.1, -0.05) is 50.2 Å². The first-order chi connectivity index (χ1) is 21.1. The third-order valence-electron chi connectivity index (χ3n) is 8.65. The van der Waals surface area contributed by atoms with Gasteiger partial charge in [0.25, 0.3) is 0 Å². The molecule has 0 radical (unpaired) electrons. The Morgan fingerprint density at radius 2 is 1.64 bits per heavy atom. The Kier molecular flexibility index (Phi) is 9.32. The van der Waals surface area contributed by atoms with Gasteiger partial charge in [-0.25, -0.2) is 8.78 Å². The highest BCUT2D eigenvalue weighted by atomic mass is 19.1. The van der Waals surface area contributed by atoms with Crippen LogP contribution in [0.15, 0.2) is 60.7 Å². The first-order valence-electron chi connectivity index (χ1n) is 15.0. The smallest absolute Gasteiger partial charge is 0.247 e. The Hall–Kier alpha value is -4.27. The van der Waals surface area contributed by atoms with Gasteiger partial charge in [0.2, 0.25) is 11.8 Å². The molecule has 0 bridgehead atoms. The third kappa shape index (κ3) is 6.32. The van der Waals surface area contributed by atoms with Crippen molar-refractivity contribution >= 4 is 17.6 Å². The van der Waals surface area contributed by atoms with E-state index in [1.54, 1.807) is 18.2 Å².